The Morgan fingerprint density at radius 1 is 1.04 bits per heavy atom. The zero-order valence-electron chi connectivity index (χ0n) is 16.8. The molecule has 0 atom stereocenters. The van der Waals surface area contributed by atoms with E-state index in [0.717, 1.165) is 53.8 Å². The van der Waals surface area contributed by atoms with Crippen molar-refractivity contribution >= 4 is 28.2 Å². The number of carbonyl (C=O) groups excluding carboxylic acids is 1. The van der Waals surface area contributed by atoms with Crippen molar-refractivity contribution in [2.45, 2.75) is 33.6 Å². The molecule has 0 radical (unpaired) electrons. The molecule has 0 bridgehead atoms. The summed E-state index contributed by atoms with van der Waals surface area (Å²) in [6.07, 6.45) is 2.12. The highest BCUT2D eigenvalue weighted by molar-refractivity contribution is 6.01. The standard InChI is InChI=1S/C24H27N3O/c1-16-10-12-27(13-11-16)24(28)23-15-22(25-20-7-5-4-6-18(20)3)19-14-17(2)8-9-21(19)26-23/h4-9,14-16H,10-13H2,1-3H3,(H,25,26). The van der Waals surface area contributed by atoms with Gasteiger partial charge in [-0.2, -0.15) is 0 Å². The Kier molecular flexibility index (Phi) is 5.03. The number of pyridine rings is 1. The zero-order chi connectivity index (χ0) is 19.7. The SMILES string of the molecule is Cc1ccc2nc(C(=O)N3CCC(C)CC3)cc(Nc3ccccc3C)c2c1. The van der Waals surface area contributed by atoms with E-state index >= 15 is 0 Å². The van der Waals surface area contributed by atoms with Crippen LogP contribution in [0.15, 0.2) is 48.5 Å². The molecule has 1 aliphatic heterocycles. The summed E-state index contributed by atoms with van der Waals surface area (Å²) >= 11 is 0. The lowest BCUT2D eigenvalue weighted by Crippen LogP contribution is -2.38. The summed E-state index contributed by atoms with van der Waals surface area (Å²) in [4.78, 5) is 19.8. The number of hydrogen-bond acceptors (Lipinski definition) is 3. The maximum Gasteiger partial charge on any atom is 0.272 e. The lowest BCUT2D eigenvalue weighted by molar-refractivity contribution is 0.0692. The van der Waals surface area contributed by atoms with Crippen molar-refractivity contribution in [1.29, 1.82) is 0 Å². The summed E-state index contributed by atoms with van der Waals surface area (Å²) < 4.78 is 0. The highest BCUT2D eigenvalue weighted by Gasteiger charge is 2.23. The number of aryl methyl sites for hydroxylation is 2. The summed E-state index contributed by atoms with van der Waals surface area (Å²) in [5.41, 5.74) is 5.67. The molecule has 1 aliphatic rings. The Balaban J connectivity index is 1.75. The number of nitrogens with zero attached hydrogens (tertiary/aromatic N) is 2. The normalized spacial score (nSPS) is 15.0. The summed E-state index contributed by atoms with van der Waals surface area (Å²) in [6, 6.07) is 16.3. The number of benzene rings is 2. The van der Waals surface area contributed by atoms with E-state index in [1.807, 2.05) is 35.2 Å². The Hall–Kier alpha value is -2.88. The molecule has 2 aromatic carbocycles. The van der Waals surface area contributed by atoms with E-state index in [0.29, 0.717) is 11.6 Å². The minimum Gasteiger partial charge on any atom is -0.355 e. The van der Waals surface area contributed by atoms with E-state index in [-0.39, 0.29) is 5.91 Å². The maximum atomic E-state index is 13.1. The van der Waals surface area contributed by atoms with Crippen molar-refractivity contribution < 1.29 is 4.79 Å². The fourth-order valence-electron chi connectivity index (χ4n) is 3.78. The van der Waals surface area contributed by atoms with Crippen molar-refractivity contribution in [3.05, 3.63) is 65.4 Å². The molecule has 3 aromatic rings. The van der Waals surface area contributed by atoms with Crippen LogP contribution in [0.2, 0.25) is 0 Å². The van der Waals surface area contributed by atoms with Gasteiger partial charge < -0.3 is 10.2 Å². The number of piperidine rings is 1. The molecule has 0 spiro atoms. The number of amides is 1. The van der Waals surface area contributed by atoms with Gasteiger partial charge in [0, 0.05) is 24.2 Å². The Morgan fingerprint density at radius 2 is 1.79 bits per heavy atom. The topological polar surface area (TPSA) is 45.2 Å². The van der Waals surface area contributed by atoms with Crippen LogP contribution in [0, 0.1) is 19.8 Å². The molecule has 1 fully saturated rings. The largest absolute Gasteiger partial charge is 0.355 e. The summed E-state index contributed by atoms with van der Waals surface area (Å²) in [6.45, 7) is 8.04. The average molecular weight is 374 g/mol. The highest BCUT2D eigenvalue weighted by Crippen LogP contribution is 2.29. The number of aromatic nitrogens is 1. The first-order chi connectivity index (χ1) is 13.5. The number of anilines is 2. The third-order valence-electron chi connectivity index (χ3n) is 5.67. The summed E-state index contributed by atoms with van der Waals surface area (Å²) in [5.74, 6) is 0.720. The number of rotatable bonds is 3. The van der Waals surface area contributed by atoms with Gasteiger partial charge in [-0.25, -0.2) is 4.98 Å². The van der Waals surface area contributed by atoms with Gasteiger partial charge in [-0.15, -0.1) is 0 Å². The van der Waals surface area contributed by atoms with Gasteiger partial charge in [-0.05, 0) is 62.4 Å². The highest BCUT2D eigenvalue weighted by atomic mass is 16.2. The quantitative estimate of drug-likeness (QED) is 0.662. The van der Waals surface area contributed by atoms with Crippen molar-refractivity contribution in [3.8, 4) is 0 Å². The van der Waals surface area contributed by atoms with Crippen LogP contribution in [0.4, 0.5) is 11.4 Å². The van der Waals surface area contributed by atoms with Crippen LogP contribution < -0.4 is 5.32 Å². The molecular weight excluding hydrogens is 346 g/mol. The van der Waals surface area contributed by atoms with Crippen LogP contribution >= 0.6 is 0 Å². The van der Waals surface area contributed by atoms with Crippen molar-refractivity contribution in [3.63, 3.8) is 0 Å². The number of fused-ring (bicyclic) bond motifs is 1. The Labute approximate surface area is 166 Å². The molecule has 4 heteroatoms. The van der Waals surface area contributed by atoms with Gasteiger partial charge in [0.05, 0.1) is 11.2 Å². The molecule has 2 heterocycles. The second kappa shape index (κ2) is 7.63. The van der Waals surface area contributed by atoms with Crippen molar-refractivity contribution in [1.82, 2.24) is 9.88 Å². The Bertz CT molecular complexity index is 1020. The molecule has 0 unspecified atom stereocenters. The van der Waals surface area contributed by atoms with Crippen LogP contribution in [0.1, 0.15) is 41.4 Å². The van der Waals surface area contributed by atoms with Gasteiger partial charge in [0.1, 0.15) is 5.69 Å². The average Bonchev–Trinajstić information content (AvgIpc) is 2.70. The molecule has 1 amide bonds. The first-order valence-electron chi connectivity index (χ1n) is 10.0. The molecule has 4 nitrogen and oxygen atoms in total. The molecule has 1 N–H and O–H groups in total. The number of para-hydroxylation sites is 1. The lowest BCUT2D eigenvalue weighted by Gasteiger charge is -2.30. The van der Waals surface area contributed by atoms with E-state index < -0.39 is 0 Å². The van der Waals surface area contributed by atoms with Crippen LogP contribution in [-0.2, 0) is 0 Å². The number of carbonyl (C=O) groups is 1. The molecule has 0 aliphatic carbocycles. The first kappa shape index (κ1) is 18.5. The fourth-order valence-corrected chi connectivity index (χ4v) is 3.78. The summed E-state index contributed by atoms with van der Waals surface area (Å²) in [5, 5.41) is 4.57. The minimum absolute atomic E-state index is 0.0298. The smallest absolute Gasteiger partial charge is 0.272 e. The van der Waals surface area contributed by atoms with E-state index in [1.54, 1.807) is 0 Å². The van der Waals surface area contributed by atoms with Crippen LogP contribution in [0.5, 0.6) is 0 Å². The fraction of sp³-hybridized carbons (Fsp3) is 0.333. The first-order valence-corrected chi connectivity index (χ1v) is 10.0. The predicted octanol–water partition coefficient (Wildman–Crippen LogP) is 5.47. The van der Waals surface area contributed by atoms with Gasteiger partial charge in [0.2, 0.25) is 0 Å². The molecule has 144 valence electrons. The Morgan fingerprint density at radius 3 is 2.54 bits per heavy atom. The third kappa shape index (κ3) is 3.72. The number of nitrogens with one attached hydrogen (secondary N) is 1. The van der Waals surface area contributed by atoms with Crippen LogP contribution in [0.3, 0.4) is 0 Å². The molecule has 4 rings (SSSR count). The van der Waals surface area contributed by atoms with E-state index in [4.69, 9.17) is 4.98 Å². The van der Waals surface area contributed by atoms with Gasteiger partial charge in [-0.3, -0.25) is 4.79 Å². The maximum absolute atomic E-state index is 13.1. The van der Waals surface area contributed by atoms with Gasteiger partial charge >= 0.3 is 0 Å². The van der Waals surface area contributed by atoms with Gasteiger partial charge in [0.25, 0.3) is 5.91 Å². The third-order valence-corrected chi connectivity index (χ3v) is 5.67. The molecular formula is C24H27N3O. The molecule has 28 heavy (non-hydrogen) atoms. The van der Waals surface area contributed by atoms with E-state index in [2.05, 4.69) is 44.3 Å². The van der Waals surface area contributed by atoms with Crippen molar-refractivity contribution in [2.24, 2.45) is 5.92 Å². The zero-order valence-corrected chi connectivity index (χ0v) is 16.8. The van der Waals surface area contributed by atoms with Gasteiger partial charge in [0.15, 0.2) is 0 Å². The van der Waals surface area contributed by atoms with Crippen LogP contribution in [0.25, 0.3) is 10.9 Å². The molecule has 1 aromatic heterocycles. The number of hydrogen-bond donors (Lipinski definition) is 1. The van der Waals surface area contributed by atoms with Crippen LogP contribution in [-0.4, -0.2) is 28.9 Å². The van der Waals surface area contributed by atoms with Crippen molar-refractivity contribution in [2.75, 3.05) is 18.4 Å². The summed E-state index contributed by atoms with van der Waals surface area (Å²) in [7, 11) is 0. The van der Waals surface area contributed by atoms with E-state index in [1.165, 1.54) is 5.56 Å². The van der Waals surface area contributed by atoms with Gasteiger partial charge in [-0.1, -0.05) is 36.8 Å². The monoisotopic (exact) mass is 373 g/mol. The lowest BCUT2D eigenvalue weighted by atomic mass is 9.99. The second-order valence-corrected chi connectivity index (χ2v) is 7.99. The molecule has 0 saturated carbocycles. The predicted molar refractivity (Wildman–Crippen MR) is 115 cm³/mol. The van der Waals surface area contributed by atoms with E-state index in [9.17, 15) is 4.79 Å². The number of likely N-dealkylation sites (tertiary alicyclic amines) is 1. The second-order valence-electron chi connectivity index (χ2n) is 7.99. The minimum atomic E-state index is 0.0298. The molecule has 1 saturated heterocycles.